The average molecular weight is 350 g/mol. The molecule has 3 rings (SSSR count). The summed E-state index contributed by atoms with van der Waals surface area (Å²) in [7, 11) is 0. The van der Waals surface area contributed by atoms with E-state index in [1.807, 2.05) is 24.3 Å². The van der Waals surface area contributed by atoms with Gasteiger partial charge in [0.05, 0.1) is 6.61 Å². The van der Waals surface area contributed by atoms with E-state index in [0.29, 0.717) is 5.92 Å². The van der Waals surface area contributed by atoms with Crippen LogP contribution < -0.4 is 4.74 Å². The molecular formula is C24H27FO. The van der Waals surface area contributed by atoms with Crippen LogP contribution in [-0.2, 0) is 0 Å². The zero-order chi connectivity index (χ0) is 18.2. The zero-order valence-corrected chi connectivity index (χ0v) is 15.5. The molecule has 136 valence electrons. The van der Waals surface area contributed by atoms with Gasteiger partial charge in [-0.3, -0.25) is 0 Å². The van der Waals surface area contributed by atoms with Crippen LogP contribution in [-0.4, -0.2) is 6.61 Å². The van der Waals surface area contributed by atoms with E-state index in [9.17, 15) is 4.39 Å². The third-order valence-corrected chi connectivity index (χ3v) is 5.20. The number of ether oxygens (including phenoxy) is 1. The molecule has 1 nitrogen and oxygen atoms in total. The van der Waals surface area contributed by atoms with Crippen LogP contribution in [0.1, 0.15) is 56.6 Å². The fourth-order valence-electron chi connectivity index (χ4n) is 3.62. The SMILES string of the molecule is CCCC1CCC(COc2ccc(C#Cc3ccc(F)cc3)cc2)CC1. The van der Waals surface area contributed by atoms with Gasteiger partial charge in [-0.25, -0.2) is 4.39 Å². The molecular weight excluding hydrogens is 323 g/mol. The molecule has 1 saturated carbocycles. The highest BCUT2D eigenvalue weighted by Gasteiger charge is 2.20. The molecule has 0 spiro atoms. The van der Waals surface area contributed by atoms with E-state index in [4.69, 9.17) is 4.74 Å². The van der Waals surface area contributed by atoms with Crippen molar-refractivity contribution in [2.75, 3.05) is 6.61 Å². The fourth-order valence-corrected chi connectivity index (χ4v) is 3.62. The second-order valence-corrected chi connectivity index (χ2v) is 7.27. The largest absolute Gasteiger partial charge is 0.493 e. The van der Waals surface area contributed by atoms with Crippen molar-refractivity contribution in [3.05, 3.63) is 65.5 Å². The molecule has 0 unspecified atom stereocenters. The lowest BCUT2D eigenvalue weighted by atomic mass is 9.80. The summed E-state index contributed by atoms with van der Waals surface area (Å²) in [5.41, 5.74) is 1.74. The molecule has 0 saturated heterocycles. The molecule has 26 heavy (non-hydrogen) atoms. The molecule has 1 fully saturated rings. The molecule has 0 N–H and O–H groups in total. The minimum absolute atomic E-state index is 0.240. The number of rotatable bonds is 5. The molecule has 1 aliphatic carbocycles. The highest BCUT2D eigenvalue weighted by Crippen LogP contribution is 2.31. The van der Waals surface area contributed by atoms with Crippen molar-refractivity contribution in [3.63, 3.8) is 0 Å². The van der Waals surface area contributed by atoms with Gasteiger partial charge in [-0.15, -0.1) is 0 Å². The first kappa shape index (κ1) is 18.5. The smallest absolute Gasteiger partial charge is 0.123 e. The summed E-state index contributed by atoms with van der Waals surface area (Å²) in [4.78, 5) is 0. The van der Waals surface area contributed by atoms with E-state index < -0.39 is 0 Å². The summed E-state index contributed by atoms with van der Waals surface area (Å²) in [6.45, 7) is 3.10. The van der Waals surface area contributed by atoms with Crippen LogP contribution in [0.2, 0.25) is 0 Å². The Balaban J connectivity index is 1.47. The summed E-state index contributed by atoms with van der Waals surface area (Å²) >= 11 is 0. The lowest BCUT2D eigenvalue weighted by molar-refractivity contribution is 0.178. The molecule has 1 aliphatic rings. The Hall–Kier alpha value is -2.27. The maximum Gasteiger partial charge on any atom is 0.123 e. The van der Waals surface area contributed by atoms with E-state index in [-0.39, 0.29) is 5.82 Å². The Morgan fingerprint density at radius 2 is 1.38 bits per heavy atom. The Morgan fingerprint density at radius 3 is 1.96 bits per heavy atom. The molecule has 2 aromatic rings. The molecule has 0 aliphatic heterocycles. The first-order valence-electron chi connectivity index (χ1n) is 9.73. The molecule has 0 heterocycles. The van der Waals surface area contributed by atoms with Gasteiger partial charge in [0.15, 0.2) is 0 Å². The molecule has 0 aromatic heterocycles. The zero-order valence-electron chi connectivity index (χ0n) is 15.5. The number of benzene rings is 2. The van der Waals surface area contributed by atoms with Gasteiger partial charge in [-0.1, -0.05) is 44.4 Å². The normalized spacial score (nSPS) is 19.5. The number of hydrogen-bond donors (Lipinski definition) is 0. The fraction of sp³-hybridized carbons (Fsp3) is 0.417. The van der Waals surface area contributed by atoms with E-state index in [0.717, 1.165) is 29.4 Å². The van der Waals surface area contributed by atoms with Crippen LogP contribution in [0.4, 0.5) is 4.39 Å². The third-order valence-electron chi connectivity index (χ3n) is 5.20. The van der Waals surface area contributed by atoms with E-state index in [1.165, 1.54) is 50.7 Å². The maximum atomic E-state index is 12.9. The van der Waals surface area contributed by atoms with E-state index in [1.54, 1.807) is 12.1 Å². The summed E-state index contributed by atoms with van der Waals surface area (Å²) in [5.74, 6) is 8.46. The van der Waals surface area contributed by atoms with Gasteiger partial charge in [-0.05, 0) is 73.2 Å². The van der Waals surface area contributed by atoms with Crippen molar-refractivity contribution in [2.45, 2.75) is 45.4 Å². The van der Waals surface area contributed by atoms with Crippen molar-refractivity contribution in [1.29, 1.82) is 0 Å². The topological polar surface area (TPSA) is 9.23 Å². The van der Waals surface area contributed by atoms with Crippen LogP contribution in [0.3, 0.4) is 0 Å². The summed E-state index contributed by atoms with van der Waals surface area (Å²) in [6, 6.07) is 14.2. The van der Waals surface area contributed by atoms with Crippen molar-refractivity contribution in [1.82, 2.24) is 0 Å². The van der Waals surface area contributed by atoms with Gasteiger partial charge in [-0.2, -0.15) is 0 Å². The van der Waals surface area contributed by atoms with E-state index in [2.05, 4.69) is 18.8 Å². The lowest BCUT2D eigenvalue weighted by Gasteiger charge is -2.28. The van der Waals surface area contributed by atoms with Gasteiger partial charge in [0.25, 0.3) is 0 Å². The van der Waals surface area contributed by atoms with Crippen LogP contribution in [0, 0.1) is 29.5 Å². The monoisotopic (exact) mass is 350 g/mol. The highest BCUT2D eigenvalue weighted by molar-refractivity contribution is 5.44. The minimum atomic E-state index is -0.240. The van der Waals surface area contributed by atoms with Crippen molar-refractivity contribution < 1.29 is 9.13 Å². The first-order valence-corrected chi connectivity index (χ1v) is 9.73. The molecule has 0 amide bonds. The second-order valence-electron chi connectivity index (χ2n) is 7.27. The van der Waals surface area contributed by atoms with Crippen molar-refractivity contribution >= 4 is 0 Å². The summed E-state index contributed by atoms with van der Waals surface area (Å²) < 4.78 is 18.9. The third kappa shape index (κ3) is 5.63. The van der Waals surface area contributed by atoms with Crippen molar-refractivity contribution in [2.24, 2.45) is 11.8 Å². The molecule has 0 radical (unpaired) electrons. The van der Waals surface area contributed by atoms with Crippen molar-refractivity contribution in [3.8, 4) is 17.6 Å². The molecule has 2 heteroatoms. The number of halogens is 1. The van der Waals surface area contributed by atoms with Gasteiger partial charge in [0, 0.05) is 11.1 Å². The highest BCUT2D eigenvalue weighted by atomic mass is 19.1. The maximum absolute atomic E-state index is 12.9. The number of hydrogen-bond acceptors (Lipinski definition) is 1. The van der Waals surface area contributed by atoms with Crippen LogP contribution in [0.15, 0.2) is 48.5 Å². The van der Waals surface area contributed by atoms with Crippen LogP contribution >= 0.6 is 0 Å². The van der Waals surface area contributed by atoms with Gasteiger partial charge < -0.3 is 4.74 Å². The quantitative estimate of drug-likeness (QED) is 0.582. The minimum Gasteiger partial charge on any atom is -0.493 e. The molecule has 2 aromatic carbocycles. The Bertz CT molecular complexity index is 729. The Morgan fingerprint density at radius 1 is 0.846 bits per heavy atom. The predicted molar refractivity (Wildman–Crippen MR) is 105 cm³/mol. The average Bonchev–Trinajstić information content (AvgIpc) is 2.68. The molecule has 0 atom stereocenters. The van der Waals surface area contributed by atoms with Gasteiger partial charge in [0.2, 0.25) is 0 Å². The summed E-state index contributed by atoms with van der Waals surface area (Å²) in [5, 5.41) is 0. The first-order chi connectivity index (χ1) is 12.7. The summed E-state index contributed by atoms with van der Waals surface area (Å²) in [6.07, 6.45) is 8.01. The Kier molecular flexibility index (Phi) is 6.72. The Labute approximate surface area is 156 Å². The van der Waals surface area contributed by atoms with Crippen LogP contribution in [0.5, 0.6) is 5.75 Å². The van der Waals surface area contributed by atoms with Gasteiger partial charge in [0.1, 0.15) is 11.6 Å². The molecule has 0 bridgehead atoms. The lowest BCUT2D eigenvalue weighted by Crippen LogP contribution is -2.20. The predicted octanol–water partition coefficient (Wildman–Crippen LogP) is 6.21. The van der Waals surface area contributed by atoms with E-state index >= 15 is 0 Å². The van der Waals surface area contributed by atoms with Crippen LogP contribution in [0.25, 0.3) is 0 Å². The second kappa shape index (κ2) is 9.43. The standard InChI is InChI=1S/C24H27FO/c1-2-3-19-6-8-22(9-7-19)18-26-24-16-12-21(13-17-24)5-4-20-10-14-23(25)15-11-20/h10-17,19,22H,2-3,6-9,18H2,1H3. The van der Waals surface area contributed by atoms with Gasteiger partial charge >= 0.3 is 0 Å².